The van der Waals surface area contributed by atoms with Gasteiger partial charge >= 0.3 is 15.2 Å². The van der Waals surface area contributed by atoms with E-state index in [1.54, 1.807) is 0 Å². The van der Waals surface area contributed by atoms with Crippen molar-refractivity contribution in [2.24, 2.45) is 0 Å². The van der Waals surface area contributed by atoms with Crippen LogP contribution in [0.15, 0.2) is 30.6 Å². The lowest BCUT2D eigenvalue weighted by Crippen LogP contribution is -2.38. The van der Waals surface area contributed by atoms with Gasteiger partial charge < -0.3 is 39.1 Å². The molecule has 1 spiro atoms. The van der Waals surface area contributed by atoms with Crippen LogP contribution in [0.1, 0.15) is 31.1 Å². The molecule has 2 aromatic heterocycles. The lowest BCUT2D eigenvalue weighted by atomic mass is 9.66. The van der Waals surface area contributed by atoms with Crippen LogP contribution in [-0.2, 0) is 23.8 Å². The molecule has 1 saturated carbocycles. The molecule has 0 bridgehead atoms. The summed E-state index contributed by atoms with van der Waals surface area (Å²) >= 11 is 6.34. The van der Waals surface area contributed by atoms with Crippen LogP contribution in [0.3, 0.4) is 0 Å². The zero-order chi connectivity index (χ0) is 27.7. The van der Waals surface area contributed by atoms with Crippen molar-refractivity contribution in [3.63, 3.8) is 0 Å². The fourth-order valence-corrected chi connectivity index (χ4v) is 8.39. The van der Waals surface area contributed by atoms with E-state index in [4.69, 9.17) is 30.6 Å². The first-order chi connectivity index (χ1) is 18.4. The molecule has 17 heteroatoms. The van der Waals surface area contributed by atoms with Crippen LogP contribution in [0.2, 0.25) is 5.28 Å². The van der Waals surface area contributed by atoms with Crippen LogP contribution >= 0.6 is 26.8 Å². The number of anilines is 2. The minimum Gasteiger partial charge on any atom is -0.387 e. The lowest BCUT2D eigenvalue weighted by molar-refractivity contribution is -0.0483. The van der Waals surface area contributed by atoms with E-state index in [1.807, 2.05) is 18.2 Å². The minimum absolute atomic E-state index is 0.0386. The number of aliphatic hydroxyl groups is 2. The van der Waals surface area contributed by atoms with Crippen molar-refractivity contribution in [1.82, 2.24) is 19.5 Å². The van der Waals surface area contributed by atoms with E-state index in [2.05, 4.69) is 25.9 Å². The van der Waals surface area contributed by atoms with Gasteiger partial charge in [-0.2, -0.15) is 9.97 Å². The van der Waals surface area contributed by atoms with E-state index < -0.39 is 52.2 Å². The van der Waals surface area contributed by atoms with Gasteiger partial charge in [-0.3, -0.25) is 13.7 Å². The molecular weight excluding hydrogens is 576 g/mol. The largest absolute Gasteiger partial charge is 0.387 e. The van der Waals surface area contributed by atoms with Gasteiger partial charge in [0, 0.05) is 17.6 Å². The van der Waals surface area contributed by atoms with Crippen molar-refractivity contribution in [3.05, 3.63) is 41.4 Å². The topological polar surface area (TPSA) is 201 Å². The molecule has 0 amide bonds. The first-order valence-electron chi connectivity index (χ1n) is 12.2. The van der Waals surface area contributed by atoms with E-state index in [0.29, 0.717) is 17.9 Å². The molecule has 3 aliphatic rings. The predicted octanol–water partition coefficient (Wildman–Crippen LogP) is 2.01. The van der Waals surface area contributed by atoms with Gasteiger partial charge in [-0.05, 0) is 36.1 Å². The summed E-state index contributed by atoms with van der Waals surface area (Å²) in [6.45, 7) is 0.000919. The maximum absolute atomic E-state index is 12.0. The molecule has 39 heavy (non-hydrogen) atoms. The van der Waals surface area contributed by atoms with Crippen molar-refractivity contribution < 1.29 is 43.3 Å². The van der Waals surface area contributed by atoms with Crippen LogP contribution in [0.5, 0.6) is 0 Å². The lowest BCUT2D eigenvalue weighted by Gasteiger charge is -2.39. The van der Waals surface area contributed by atoms with Crippen LogP contribution in [0.4, 0.5) is 11.5 Å². The molecule has 5 unspecified atom stereocenters. The first-order valence-corrected chi connectivity index (χ1v) is 16.1. The average Bonchev–Trinajstić information content (AvgIpc) is 3.48. The van der Waals surface area contributed by atoms with Gasteiger partial charge in [-0.15, -0.1) is 0 Å². The van der Waals surface area contributed by atoms with Crippen molar-refractivity contribution in [2.75, 3.05) is 24.0 Å². The number of benzene rings is 1. The minimum atomic E-state index is -4.83. The molecule has 14 nitrogen and oxygen atoms in total. The highest BCUT2D eigenvalue weighted by Crippen LogP contribution is 2.56. The SMILES string of the molecule is O=P(O)(O)CP(=O)(O)OCC1OC(n2cnc3c(N4CC5(CCC5)c5ccccc54)nc(Cl)nc32)C(O)C1O. The number of ether oxygens (including phenoxy) is 1. The Balaban J connectivity index is 1.29. The van der Waals surface area contributed by atoms with Gasteiger partial charge in [0.25, 0.3) is 0 Å². The number of fused-ring (bicyclic) bond motifs is 3. The molecule has 0 radical (unpaired) electrons. The van der Waals surface area contributed by atoms with E-state index in [1.165, 1.54) is 16.5 Å². The Morgan fingerprint density at radius 1 is 1.13 bits per heavy atom. The maximum atomic E-state index is 12.0. The number of imidazole rings is 1. The van der Waals surface area contributed by atoms with Crippen molar-refractivity contribution in [3.8, 4) is 0 Å². The van der Waals surface area contributed by atoms with Crippen molar-refractivity contribution in [1.29, 1.82) is 0 Å². The van der Waals surface area contributed by atoms with E-state index >= 15 is 0 Å². The average molecular weight is 602 g/mol. The van der Waals surface area contributed by atoms with Crippen LogP contribution in [-0.4, -0.2) is 81.8 Å². The number of rotatable bonds is 7. The number of hydrogen-bond acceptors (Lipinski definition) is 10. The van der Waals surface area contributed by atoms with Gasteiger partial charge in [0.15, 0.2) is 29.1 Å². The fraction of sp³-hybridized carbons (Fsp3) is 0.500. The molecule has 1 saturated heterocycles. The van der Waals surface area contributed by atoms with Gasteiger partial charge in [-0.25, -0.2) is 4.98 Å². The third-order valence-corrected chi connectivity index (χ3v) is 11.2. The van der Waals surface area contributed by atoms with Crippen LogP contribution in [0, 0.1) is 0 Å². The molecule has 210 valence electrons. The number of halogens is 1. The second kappa shape index (κ2) is 9.56. The normalized spacial score (nSPS) is 27.6. The quantitative estimate of drug-likeness (QED) is 0.195. The van der Waals surface area contributed by atoms with E-state index in [0.717, 1.165) is 24.9 Å². The molecular formula is C22H26ClN5O9P2. The summed E-state index contributed by atoms with van der Waals surface area (Å²) in [5.41, 5.74) is 2.94. The zero-order valence-electron chi connectivity index (χ0n) is 20.3. The summed E-state index contributed by atoms with van der Waals surface area (Å²) in [5, 5.41) is 21.2. The standard InChI is InChI=1S/C22H26ClN5O9P2/c23-21-25-18(27-9-22(6-3-7-22)12-4-1-2-5-13(12)27)15-19(26-21)28(10-24-15)20-17(30)16(29)14(37-20)8-36-39(34,35)11-38(31,32)33/h1-2,4-5,10,14,16-17,20,29-30H,3,6-9,11H2,(H,34,35)(H2,31,32,33). The molecule has 5 N–H and O–H groups in total. The van der Waals surface area contributed by atoms with Crippen molar-refractivity contribution in [2.45, 2.75) is 49.2 Å². The highest BCUT2D eigenvalue weighted by Gasteiger charge is 2.49. The number of aromatic nitrogens is 4. The Hall–Kier alpha value is -1.96. The summed E-state index contributed by atoms with van der Waals surface area (Å²) in [6.07, 6.45) is -0.936. The summed E-state index contributed by atoms with van der Waals surface area (Å²) in [7, 11) is -9.53. The Bertz CT molecular complexity index is 1530. The highest BCUT2D eigenvalue weighted by atomic mass is 35.5. The summed E-state index contributed by atoms with van der Waals surface area (Å²) < 4.78 is 35.0. The Kier molecular flexibility index (Phi) is 6.67. The number of nitrogens with zero attached hydrogens (tertiary/aromatic N) is 5. The second-order valence-corrected chi connectivity index (χ2v) is 14.5. The zero-order valence-corrected chi connectivity index (χ0v) is 22.9. The Labute approximate surface area is 226 Å². The molecule has 2 fully saturated rings. The molecule has 1 aliphatic carbocycles. The first kappa shape index (κ1) is 27.2. The third-order valence-electron chi connectivity index (χ3n) is 7.58. The van der Waals surface area contributed by atoms with Crippen molar-refractivity contribution >= 4 is 49.5 Å². The maximum Gasteiger partial charge on any atom is 0.340 e. The smallest absolute Gasteiger partial charge is 0.340 e. The molecule has 3 aromatic rings. The van der Waals surface area contributed by atoms with Gasteiger partial charge in [0.2, 0.25) is 5.28 Å². The molecule has 1 aromatic carbocycles. The number of hydrogen-bond donors (Lipinski definition) is 5. The third kappa shape index (κ3) is 4.82. The van der Waals surface area contributed by atoms with Gasteiger partial charge in [0.05, 0.1) is 12.9 Å². The van der Waals surface area contributed by atoms with Gasteiger partial charge in [-0.1, -0.05) is 24.6 Å². The van der Waals surface area contributed by atoms with Gasteiger partial charge in [0.1, 0.15) is 18.3 Å². The Morgan fingerprint density at radius 2 is 1.87 bits per heavy atom. The highest BCUT2D eigenvalue weighted by molar-refractivity contribution is 7.70. The Morgan fingerprint density at radius 3 is 2.56 bits per heavy atom. The molecule has 6 rings (SSSR count). The number of para-hydroxylation sites is 1. The second-order valence-electron chi connectivity index (χ2n) is 10.2. The van der Waals surface area contributed by atoms with Crippen LogP contribution < -0.4 is 4.90 Å². The predicted molar refractivity (Wildman–Crippen MR) is 138 cm³/mol. The van der Waals surface area contributed by atoms with E-state index in [9.17, 15) is 24.2 Å². The molecule has 5 atom stereocenters. The summed E-state index contributed by atoms with van der Waals surface area (Å²) in [4.78, 5) is 43.0. The monoisotopic (exact) mass is 601 g/mol. The molecule has 4 heterocycles. The van der Waals surface area contributed by atoms with Crippen LogP contribution in [0.25, 0.3) is 11.2 Å². The number of aliphatic hydroxyl groups excluding tert-OH is 2. The molecule has 2 aliphatic heterocycles. The summed E-state index contributed by atoms with van der Waals surface area (Å²) in [5.74, 6) is -0.897. The van der Waals surface area contributed by atoms with E-state index in [-0.39, 0.29) is 16.3 Å². The fourth-order valence-electron chi connectivity index (χ4n) is 5.66. The summed E-state index contributed by atoms with van der Waals surface area (Å²) in [6, 6.07) is 8.13.